The molecular weight excluding hydrogens is 370 g/mol. The highest BCUT2D eigenvalue weighted by Gasteiger charge is 2.19. The molecule has 0 aliphatic heterocycles. The van der Waals surface area contributed by atoms with Gasteiger partial charge in [-0.05, 0) is 38.0 Å². The molecule has 142 valence electrons. The van der Waals surface area contributed by atoms with Crippen molar-refractivity contribution in [2.75, 3.05) is 5.32 Å². The largest absolute Gasteiger partial charge is 0.327 e. The summed E-state index contributed by atoms with van der Waals surface area (Å²) in [6, 6.07) is 14.0. The van der Waals surface area contributed by atoms with Gasteiger partial charge in [-0.2, -0.15) is 0 Å². The minimum Gasteiger partial charge on any atom is -0.327 e. The molecule has 2 aromatic carbocycles. The van der Waals surface area contributed by atoms with Crippen molar-refractivity contribution in [2.45, 2.75) is 31.2 Å². The summed E-state index contributed by atoms with van der Waals surface area (Å²) in [6.45, 7) is 5.82. The van der Waals surface area contributed by atoms with Crippen LogP contribution in [0.2, 0.25) is 0 Å². The number of thioether (sulfide) groups is 1. The summed E-state index contributed by atoms with van der Waals surface area (Å²) in [7, 11) is 1.96. The second-order valence-corrected chi connectivity index (χ2v) is 8.17. The van der Waals surface area contributed by atoms with Crippen molar-refractivity contribution < 1.29 is 4.79 Å². The molecule has 0 aliphatic rings. The van der Waals surface area contributed by atoms with E-state index in [0.29, 0.717) is 5.16 Å². The van der Waals surface area contributed by atoms with Crippen molar-refractivity contribution in [2.24, 2.45) is 7.05 Å². The van der Waals surface area contributed by atoms with Gasteiger partial charge in [-0.1, -0.05) is 48.2 Å². The molecule has 0 bridgehead atoms. The maximum absolute atomic E-state index is 12.7. The Hall–Kier alpha value is -2.93. The van der Waals surface area contributed by atoms with Gasteiger partial charge >= 0.3 is 0 Å². The van der Waals surface area contributed by atoms with E-state index in [-0.39, 0.29) is 11.2 Å². The van der Waals surface area contributed by atoms with Crippen molar-refractivity contribution in [3.8, 4) is 0 Å². The van der Waals surface area contributed by atoms with Crippen molar-refractivity contribution >= 4 is 45.4 Å². The number of benzene rings is 2. The van der Waals surface area contributed by atoms with E-state index in [4.69, 9.17) is 0 Å². The molecule has 0 spiro atoms. The Bertz CT molecular complexity index is 1180. The maximum atomic E-state index is 12.7. The molecule has 2 aromatic heterocycles. The first-order chi connectivity index (χ1) is 13.5. The van der Waals surface area contributed by atoms with Gasteiger partial charge in [0.15, 0.2) is 5.65 Å². The average Bonchev–Trinajstić information content (AvgIpc) is 2.97. The van der Waals surface area contributed by atoms with Crippen LogP contribution < -0.4 is 5.32 Å². The zero-order valence-corrected chi connectivity index (χ0v) is 17.0. The molecule has 4 aromatic rings. The molecule has 4 rings (SSSR count). The summed E-state index contributed by atoms with van der Waals surface area (Å²) >= 11 is 1.31. The van der Waals surface area contributed by atoms with Crippen LogP contribution in [0, 0.1) is 13.8 Å². The molecule has 1 atom stereocenters. The van der Waals surface area contributed by atoms with E-state index >= 15 is 0 Å². The Kier molecular flexibility index (Phi) is 4.77. The summed E-state index contributed by atoms with van der Waals surface area (Å²) in [6.07, 6.45) is 0. The van der Waals surface area contributed by atoms with E-state index in [1.54, 1.807) is 0 Å². The van der Waals surface area contributed by atoms with Crippen LogP contribution in [0.15, 0.2) is 47.6 Å². The van der Waals surface area contributed by atoms with Gasteiger partial charge in [-0.15, -0.1) is 10.2 Å². The zero-order chi connectivity index (χ0) is 19.8. The van der Waals surface area contributed by atoms with Crippen LogP contribution in [0.1, 0.15) is 18.1 Å². The lowest BCUT2D eigenvalue weighted by Gasteiger charge is -2.14. The highest BCUT2D eigenvalue weighted by Crippen LogP contribution is 2.28. The minimum atomic E-state index is -0.354. The number of aryl methyl sites for hydroxylation is 3. The quantitative estimate of drug-likeness (QED) is 0.527. The summed E-state index contributed by atoms with van der Waals surface area (Å²) in [5.74, 6) is -0.0804. The summed E-state index contributed by atoms with van der Waals surface area (Å²) in [5, 5.41) is 12.8. The first-order valence-electron chi connectivity index (χ1n) is 9.07. The van der Waals surface area contributed by atoms with Crippen LogP contribution in [0.4, 0.5) is 5.69 Å². The van der Waals surface area contributed by atoms with Gasteiger partial charge < -0.3 is 9.88 Å². The molecule has 28 heavy (non-hydrogen) atoms. The van der Waals surface area contributed by atoms with Crippen molar-refractivity contribution in [1.29, 1.82) is 0 Å². The Balaban J connectivity index is 1.58. The fourth-order valence-electron chi connectivity index (χ4n) is 3.29. The van der Waals surface area contributed by atoms with Crippen molar-refractivity contribution in [3.63, 3.8) is 0 Å². The van der Waals surface area contributed by atoms with E-state index in [2.05, 4.69) is 20.5 Å². The lowest BCUT2D eigenvalue weighted by molar-refractivity contribution is -0.115. The topological polar surface area (TPSA) is 72.7 Å². The summed E-state index contributed by atoms with van der Waals surface area (Å²) in [5.41, 5.74) is 5.54. The number of aromatic nitrogens is 4. The van der Waals surface area contributed by atoms with Gasteiger partial charge in [0.1, 0.15) is 5.52 Å². The van der Waals surface area contributed by atoms with Gasteiger partial charge in [0.2, 0.25) is 11.1 Å². The van der Waals surface area contributed by atoms with E-state index in [1.165, 1.54) is 11.8 Å². The number of anilines is 1. The number of amides is 1. The molecule has 2 heterocycles. The van der Waals surface area contributed by atoms with Gasteiger partial charge in [-0.3, -0.25) is 4.79 Å². The van der Waals surface area contributed by atoms with Crippen molar-refractivity contribution in [3.05, 3.63) is 53.6 Å². The molecule has 1 N–H and O–H groups in total. The number of hydrogen-bond donors (Lipinski definition) is 1. The monoisotopic (exact) mass is 391 g/mol. The fraction of sp³-hybridized carbons (Fsp3) is 0.238. The normalized spacial score (nSPS) is 12.4. The highest BCUT2D eigenvalue weighted by molar-refractivity contribution is 8.00. The number of rotatable bonds is 4. The molecule has 0 unspecified atom stereocenters. The average molecular weight is 392 g/mol. The first-order valence-corrected chi connectivity index (χ1v) is 9.95. The Morgan fingerprint density at radius 3 is 2.54 bits per heavy atom. The minimum absolute atomic E-state index is 0.0804. The van der Waals surface area contributed by atoms with Crippen LogP contribution >= 0.6 is 11.8 Å². The molecule has 0 aliphatic carbocycles. The third-order valence-electron chi connectivity index (χ3n) is 4.87. The van der Waals surface area contributed by atoms with Crippen LogP contribution in [0.25, 0.3) is 22.1 Å². The number of carbonyl (C=O) groups excluding carboxylic acids is 1. The van der Waals surface area contributed by atoms with Crippen LogP contribution in [-0.2, 0) is 11.8 Å². The Morgan fingerprint density at radius 2 is 1.79 bits per heavy atom. The van der Waals surface area contributed by atoms with Gasteiger partial charge in [0, 0.05) is 18.1 Å². The molecular formula is C21H21N5OS. The number of nitrogens with zero attached hydrogens (tertiary/aromatic N) is 4. The third kappa shape index (κ3) is 3.22. The molecule has 1 amide bonds. The van der Waals surface area contributed by atoms with Gasteiger partial charge in [-0.25, -0.2) is 4.98 Å². The van der Waals surface area contributed by atoms with Crippen LogP contribution in [0.3, 0.4) is 0 Å². The van der Waals surface area contributed by atoms with Crippen LogP contribution in [0.5, 0.6) is 0 Å². The summed E-state index contributed by atoms with van der Waals surface area (Å²) in [4.78, 5) is 17.3. The standard InChI is InChI=1S/C21H21N5OS/c1-12-8-7-9-13(2)17(12)22-20(27)14(3)28-21-23-19-18(24-25-21)15-10-5-6-11-16(15)26(19)4/h5-11,14H,1-4H3,(H,22,27)/t14-/m1/s1. The van der Waals surface area contributed by atoms with Crippen molar-refractivity contribution in [1.82, 2.24) is 19.7 Å². The molecule has 6 nitrogen and oxygen atoms in total. The number of nitrogens with one attached hydrogen (secondary N) is 1. The molecule has 0 saturated carbocycles. The summed E-state index contributed by atoms with van der Waals surface area (Å²) < 4.78 is 2.00. The lowest BCUT2D eigenvalue weighted by atomic mass is 10.1. The predicted molar refractivity (Wildman–Crippen MR) is 114 cm³/mol. The molecule has 0 radical (unpaired) electrons. The Labute approximate surface area is 167 Å². The first kappa shape index (κ1) is 18.4. The lowest BCUT2D eigenvalue weighted by Crippen LogP contribution is -2.23. The van der Waals surface area contributed by atoms with E-state index in [9.17, 15) is 4.79 Å². The van der Waals surface area contributed by atoms with Crippen LogP contribution in [-0.4, -0.2) is 30.9 Å². The van der Waals surface area contributed by atoms with Gasteiger partial charge in [0.25, 0.3) is 0 Å². The van der Waals surface area contributed by atoms with E-state index in [0.717, 1.165) is 38.9 Å². The predicted octanol–water partition coefficient (Wildman–Crippen LogP) is 4.25. The second-order valence-electron chi connectivity index (χ2n) is 6.86. The SMILES string of the molecule is Cc1cccc(C)c1NC(=O)[C@@H](C)Sc1nnc2c3ccccc3n(C)c2n1. The molecule has 0 saturated heterocycles. The zero-order valence-electron chi connectivity index (χ0n) is 16.2. The smallest absolute Gasteiger partial charge is 0.237 e. The van der Waals surface area contributed by atoms with E-state index in [1.807, 2.05) is 74.9 Å². The fourth-order valence-corrected chi connectivity index (χ4v) is 4.00. The number of fused-ring (bicyclic) bond motifs is 3. The number of carbonyl (C=O) groups is 1. The van der Waals surface area contributed by atoms with E-state index < -0.39 is 0 Å². The number of para-hydroxylation sites is 2. The maximum Gasteiger partial charge on any atom is 0.237 e. The highest BCUT2D eigenvalue weighted by atomic mass is 32.2. The number of hydrogen-bond acceptors (Lipinski definition) is 5. The molecule has 7 heteroatoms. The third-order valence-corrected chi connectivity index (χ3v) is 5.82. The molecule has 0 fully saturated rings. The van der Waals surface area contributed by atoms with Gasteiger partial charge in [0.05, 0.1) is 10.8 Å². The second kappa shape index (κ2) is 7.24. The Morgan fingerprint density at radius 1 is 1.07 bits per heavy atom.